The minimum absolute atomic E-state index is 0.0880. The molecule has 0 atom stereocenters. The first-order chi connectivity index (χ1) is 12.9. The molecule has 3 rings (SSSR count). The minimum Gasteiger partial charge on any atom is -0.465 e. The number of thiophene rings is 1. The molecule has 11 heteroatoms. The van der Waals surface area contributed by atoms with Gasteiger partial charge in [0.2, 0.25) is 0 Å². The maximum Gasteiger partial charge on any atom is 0.326 e. The summed E-state index contributed by atoms with van der Waals surface area (Å²) < 4.78 is 7.47. The average Bonchev–Trinajstić information content (AvgIpc) is 3.19. The Balaban J connectivity index is 2.13. The number of nitro groups is 1. The van der Waals surface area contributed by atoms with Crippen LogP contribution in [0.25, 0.3) is 10.2 Å². The lowest BCUT2D eigenvalue weighted by atomic mass is 10.3. The summed E-state index contributed by atoms with van der Waals surface area (Å²) in [5.74, 6) is -1.01. The molecule has 0 saturated heterocycles. The van der Waals surface area contributed by atoms with Crippen LogP contribution in [0.1, 0.15) is 16.6 Å². The number of aromatic nitrogens is 1. The highest BCUT2D eigenvalue weighted by atomic mass is 35.5. The Hall–Kier alpha value is -2.56. The number of esters is 1. The van der Waals surface area contributed by atoms with E-state index in [0.29, 0.717) is 19.4 Å². The van der Waals surface area contributed by atoms with Crippen LogP contribution < -0.4 is 4.80 Å². The Kier molecular flexibility index (Phi) is 5.68. The van der Waals surface area contributed by atoms with Gasteiger partial charge in [-0.2, -0.15) is 4.99 Å². The van der Waals surface area contributed by atoms with Crippen molar-refractivity contribution in [3.05, 3.63) is 54.5 Å². The van der Waals surface area contributed by atoms with Gasteiger partial charge in [0.05, 0.1) is 31.0 Å². The van der Waals surface area contributed by atoms with Crippen molar-refractivity contribution in [1.29, 1.82) is 0 Å². The summed E-state index contributed by atoms with van der Waals surface area (Å²) in [6.45, 7) is 1.74. The highest BCUT2D eigenvalue weighted by Gasteiger charge is 2.16. The van der Waals surface area contributed by atoms with Crippen molar-refractivity contribution >= 4 is 62.1 Å². The van der Waals surface area contributed by atoms with Gasteiger partial charge in [0.15, 0.2) is 4.80 Å². The van der Waals surface area contributed by atoms with Gasteiger partial charge in [-0.3, -0.25) is 19.7 Å². The van der Waals surface area contributed by atoms with Crippen molar-refractivity contribution in [2.75, 3.05) is 6.61 Å². The molecule has 1 amide bonds. The predicted molar refractivity (Wildman–Crippen MR) is 102 cm³/mol. The number of carbonyl (C=O) groups is 2. The van der Waals surface area contributed by atoms with Gasteiger partial charge >= 0.3 is 5.97 Å². The second-order valence-electron chi connectivity index (χ2n) is 5.21. The van der Waals surface area contributed by atoms with Gasteiger partial charge in [-0.05, 0) is 25.1 Å². The third-order valence-electron chi connectivity index (χ3n) is 3.45. The zero-order valence-corrected chi connectivity index (χ0v) is 16.3. The van der Waals surface area contributed by atoms with Crippen molar-refractivity contribution in [2.45, 2.75) is 13.5 Å². The third kappa shape index (κ3) is 4.24. The number of fused-ring (bicyclic) bond motifs is 1. The summed E-state index contributed by atoms with van der Waals surface area (Å²) >= 11 is 8.02. The van der Waals surface area contributed by atoms with E-state index < -0.39 is 16.8 Å². The Labute approximate surface area is 165 Å². The van der Waals surface area contributed by atoms with Crippen molar-refractivity contribution in [3.8, 4) is 0 Å². The number of thiazole rings is 1. The molecule has 8 nitrogen and oxygen atoms in total. The van der Waals surface area contributed by atoms with Crippen LogP contribution in [0.3, 0.4) is 0 Å². The molecule has 2 heterocycles. The summed E-state index contributed by atoms with van der Waals surface area (Å²) in [4.78, 5) is 39.5. The van der Waals surface area contributed by atoms with Gasteiger partial charge < -0.3 is 9.30 Å². The van der Waals surface area contributed by atoms with E-state index in [1.165, 1.54) is 22.8 Å². The normalized spacial score (nSPS) is 11.7. The molecule has 0 spiro atoms. The fourth-order valence-electron chi connectivity index (χ4n) is 2.32. The van der Waals surface area contributed by atoms with Crippen molar-refractivity contribution in [2.24, 2.45) is 4.99 Å². The topological polar surface area (TPSA) is 104 Å². The Morgan fingerprint density at radius 3 is 2.70 bits per heavy atom. The van der Waals surface area contributed by atoms with E-state index in [-0.39, 0.29) is 23.6 Å². The second-order valence-corrected chi connectivity index (χ2v) is 7.93. The van der Waals surface area contributed by atoms with E-state index in [9.17, 15) is 19.7 Å². The highest BCUT2D eigenvalue weighted by Crippen LogP contribution is 2.24. The number of non-ortho nitro benzene ring substituents is 1. The molecule has 0 aliphatic rings. The second kappa shape index (κ2) is 7.99. The molecule has 0 bridgehead atoms. The SMILES string of the molecule is CCOC(=O)Cn1c(=NC(=O)c2ccc(Cl)s2)sc2cc([N+](=O)[O-])ccc21. The fourth-order valence-corrected chi connectivity index (χ4v) is 4.31. The average molecular weight is 426 g/mol. The molecular formula is C16H12ClN3O5S2. The van der Waals surface area contributed by atoms with E-state index >= 15 is 0 Å². The Bertz CT molecular complexity index is 1110. The van der Waals surface area contributed by atoms with E-state index in [1.807, 2.05) is 0 Å². The molecule has 0 aliphatic carbocycles. The van der Waals surface area contributed by atoms with E-state index in [0.717, 1.165) is 22.7 Å². The number of amides is 1. The van der Waals surface area contributed by atoms with Gasteiger partial charge in [0, 0.05) is 12.1 Å². The standard InChI is InChI=1S/C16H12ClN3O5S2/c1-2-25-14(21)8-19-10-4-3-9(20(23)24)7-12(10)27-16(19)18-15(22)11-5-6-13(17)26-11/h3-7H,2,8H2,1H3. The largest absolute Gasteiger partial charge is 0.465 e. The van der Waals surface area contributed by atoms with Gasteiger partial charge in [0.25, 0.3) is 11.6 Å². The van der Waals surface area contributed by atoms with Crippen LogP contribution in [-0.4, -0.2) is 28.0 Å². The summed E-state index contributed by atoms with van der Waals surface area (Å²) in [5, 5.41) is 11.0. The van der Waals surface area contributed by atoms with Gasteiger partial charge in [-0.15, -0.1) is 11.3 Å². The minimum atomic E-state index is -0.509. The molecule has 0 saturated carbocycles. The van der Waals surface area contributed by atoms with Crippen LogP contribution in [0, 0.1) is 10.1 Å². The molecular weight excluding hydrogens is 414 g/mol. The van der Waals surface area contributed by atoms with Crippen LogP contribution in [-0.2, 0) is 16.1 Å². The number of nitrogens with zero attached hydrogens (tertiary/aromatic N) is 3. The molecule has 27 heavy (non-hydrogen) atoms. The van der Waals surface area contributed by atoms with Gasteiger partial charge in [-0.1, -0.05) is 22.9 Å². The lowest BCUT2D eigenvalue weighted by molar-refractivity contribution is -0.384. The Morgan fingerprint density at radius 1 is 1.30 bits per heavy atom. The van der Waals surface area contributed by atoms with Crippen LogP contribution >= 0.6 is 34.3 Å². The van der Waals surface area contributed by atoms with E-state index in [4.69, 9.17) is 16.3 Å². The van der Waals surface area contributed by atoms with E-state index in [1.54, 1.807) is 19.1 Å². The lowest BCUT2D eigenvalue weighted by Gasteiger charge is -2.04. The number of rotatable bonds is 5. The monoisotopic (exact) mass is 425 g/mol. The zero-order chi connectivity index (χ0) is 19.6. The summed E-state index contributed by atoms with van der Waals surface area (Å²) in [5.41, 5.74) is 0.462. The molecule has 3 aromatic rings. The molecule has 140 valence electrons. The van der Waals surface area contributed by atoms with E-state index in [2.05, 4.69) is 4.99 Å². The highest BCUT2D eigenvalue weighted by molar-refractivity contribution is 7.18. The van der Waals surface area contributed by atoms with Crippen LogP contribution in [0.5, 0.6) is 0 Å². The third-order valence-corrected chi connectivity index (χ3v) is 5.71. The fraction of sp³-hybridized carbons (Fsp3) is 0.188. The number of hydrogen-bond donors (Lipinski definition) is 0. The zero-order valence-electron chi connectivity index (χ0n) is 13.9. The molecule has 0 fully saturated rings. The number of carbonyl (C=O) groups excluding carboxylic acids is 2. The first kappa shape index (κ1) is 19.2. The molecule has 0 unspecified atom stereocenters. The molecule has 0 aliphatic heterocycles. The number of benzene rings is 1. The van der Waals surface area contributed by atoms with Crippen LogP contribution in [0.2, 0.25) is 4.34 Å². The van der Waals surface area contributed by atoms with Crippen molar-refractivity contribution in [3.63, 3.8) is 0 Å². The first-order valence-corrected chi connectivity index (χ1v) is 9.68. The molecule has 1 aromatic carbocycles. The van der Waals surface area contributed by atoms with Crippen LogP contribution in [0.4, 0.5) is 5.69 Å². The first-order valence-electron chi connectivity index (χ1n) is 7.67. The van der Waals surface area contributed by atoms with Gasteiger partial charge in [0.1, 0.15) is 6.54 Å². The lowest BCUT2D eigenvalue weighted by Crippen LogP contribution is -2.23. The van der Waals surface area contributed by atoms with Crippen molar-refractivity contribution in [1.82, 2.24) is 4.57 Å². The molecule has 0 radical (unpaired) electrons. The molecule has 0 N–H and O–H groups in total. The maximum atomic E-state index is 12.4. The predicted octanol–water partition coefficient (Wildman–Crippen LogP) is 3.63. The van der Waals surface area contributed by atoms with Gasteiger partial charge in [-0.25, -0.2) is 0 Å². The number of ether oxygens (including phenoxy) is 1. The molecule has 2 aromatic heterocycles. The smallest absolute Gasteiger partial charge is 0.326 e. The van der Waals surface area contributed by atoms with Crippen LogP contribution in [0.15, 0.2) is 35.3 Å². The Morgan fingerprint density at radius 2 is 2.07 bits per heavy atom. The quantitative estimate of drug-likeness (QED) is 0.352. The number of hydrogen-bond acceptors (Lipinski definition) is 7. The number of halogens is 1. The van der Waals surface area contributed by atoms with Crippen molar-refractivity contribution < 1.29 is 19.2 Å². The number of nitro benzene ring substituents is 1. The summed E-state index contributed by atoms with van der Waals surface area (Å²) in [7, 11) is 0. The maximum absolute atomic E-state index is 12.4. The summed E-state index contributed by atoms with van der Waals surface area (Å²) in [6, 6.07) is 7.39. The summed E-state index contributed by atoms with van der Waals surface area (Å²) in [6.07, 6.45) is 0.